The fourth-order valence-electron chi connectivity index (χ4n) is 3.04. The molecule has 1 aromatic heterocycles. The number of thiazole rings is 1. The molecule has 0 aliphatic rings. The largest absolute Gasteiger partial charge is 0.493 e. The van der Waals surface area contributed by atoms with E-state index in [4.69, 9.17) is 9.47 Å². The topological polar surface area (TPSA) is 60.5 Å². The Kier molecular flexibility index (Phi) is 4.95. The van der Waals surface area contributed by atoms with Gasteiger partial charge in [-0.05, 0) is 29.0 Å². The van der Waals surface area contributed by atoms with Gasteiger partial charge in [-0.3, -0.25) is 10.1 Å². The van der Waals surface area contributed by atoms with Crippen LogP contribution in [0.4, 0.5) is 5.13 Å². The monoisotopic (exact) mass is 390 g/mol. The van der Waals surface area contributed by atoms with Crippen LogP contribution in [0.1, 0.15) is 10.4 Å². The summed E-state index contributed by atoms with van der Waals surface area (Å²) in [4.78, 5) is 17.3. The van der Waals surface area contributed by atoms with Gasteiger partial charge in [-0.1, -0.05) is 42.5 Å². The molecule has 0 saturated carbocycles. The maximum absolute atomic E-state index is 12.7. The lowest BCUT2D eigenvalue weighted by Crippen LogP contribution is -2.13. The van der Waals surface area contributed by atoms with Crippen LogP contribution >= 0.6 is 11.3 Å². The number of hydrogen-bond acceptors (Lipinski definition) is 5. The fraction of sp³-hybridized carbons (Fsp3) is 0.0909. The molecule has 6 heteroatoms. The number of anilines is 1. The lowest BCUT2D eigenvalue weighted by atomic mass is 10.1. The molecule has 1 amide bonds. The number of benzene rings is 3. The fourth-order valence-corrected chi connectivity index (χ4v) is 3.76. The number of carbonyl (C=O) groups excluding carboxylic acids is 1. The number of para-hydroxylation sites is 1. The van der Waals surface area contributed by atoms with Gasteiger partial charge in [0.2, 0.25) is 0 Å². The van der Waals surface area contributed by atoms with Crippen LogP contribution in [0.2, 0.25) is 0 Å². The van der Waals surface area contributed by atoms with E-state index < -0.39 is 0 Å². The Morgan fingerprint density at radius 2 is 1.79 bits per heavy atom. The first-order valence-corrected chi connectivity index (χ1v) is 9.54. The molecular formula is C22H18N2O3S. The second-order valence-corrected chi connectivity index (χ2v) is 6.95. The van der Waals surface area contributed by atoms with Crippen LogP contribution in [0.25, 0.3) is 22.0 Å². The number of methoxy groups -OCH3 is 2. The lowest BCUT2D eigenvalue weighted by Gasteiger charge is -2.11. The van der Waals surface area contributed by atoms with E-state index >= 15 is 0 Å². The molecule has 0 spiro atoms. The maximum atomic E-state index is 12.7. The van der Waals surface area contributed by atoms with Crippen LogP contribution in [0, 0.1) is 0 Å². The van der Waals surface area contributed by atoms with Crippen molar-refractivity contribution < 1.29 is 14.3 Å². The van der Waals surface area contributed by atoms with E-state index in [1.54, 1.807) is 18.2 Å². The first-order valence-electron chi connectivity index (χ1n) is 8.66. The summed E-state index contributed by atoms with van der Waals surface area (Å²) in [5.74, 6) is 0.607. The SMILES string of the molecule is COc1cccc(C(=O)Nc2nc(-c3ccc4ccccc4c3)cs2)c1OC. The Labute approximate surface area is 166 Å². The number of rotatable bonds is 5. The van der Waals surface area contributed by atoms with E-state index in [9.17, 15) is 4.79 Å². The molecule has 0 atom stereocenters. The van der Waals surface area contributed by atoms with E-state index in [1.807, 2.05) is 23.6 Å². The van der Waals surface area contributed by atoms with Crippen molar-refractivity contribution in [1.29, 1.82) is 0 Å². The van der Waals surface area contributed by atoms with E-state index in [0.717, 1.165) is 16.6 Å². The highest BCUT2D eigenvalue weighted by Crippen LogP contribution is 2.32. The molecule has 0 aliphatic carbocycles. The summed E-state index contributed by atoms with van der Waals surface area (Å²) in [6.07, 6.45) is 0. The highest BCUT2D eigenvalue weighted by molar-refractivity contribution is 7.14. The highest BCUT2D eigenvalue weighted by Gasteiger charge is 2.17. The molecule has 28 heavy (non-hydrogen) atoms. The summed E-state index contributed by atoms with van der Waals surface area (Å²) in [5.41, 5.74) is 2.22. The minimum absolute atomic E-state index is 0.296. The van der Waals surface area contributed by atoms with Crippen LogP contribution in [0.5, 0.6) is 11.5 Å². The molecule has 0 bridgehead atoms. The molecular weight excluding hydrogens is 372 g/mol. The van der Waals surface area contributed by atoms with Gasteiger partial charge in [0.05, 0.1) is 25.5 Å². The van der Waals surface area contributed by atoms with Crippen molar-refractivity contribution in [3.05, 3.63) is 71.6 Å². The smallest absolute Gasteiger partial charge is 0.261 e. The Morgan fingerprint density at radius 3 is 2.57 bits per heavy atom. The highest BCUT2D eigenvalue weighted by atomic mass is 32.1. The van der Waals surface area contributed by atoms with E-state index in [0.29, 0.717) is 22.2 Å². The zero-order valence-corrected chi connectivity index (χ0v) is 16.2. The van der Waals surface area contributed by atoms with Gasteiger partial charge in [0.1, 0.15) is 0 Å². The summed E-state index contributed by atoms with van der Waals surface area (Å²) < 4.78 is 10.6. The van der Waals surface area contributed by atoms with Crippen molar-refractivity contribution in [2.45, 2.75) is 0 Å². The molecule has 0 radical (unpaired) electrons. The lowest BCUT2D eigenvalue weighted by molar-refractivity contribution is 0.102. The number of aromatic nitrogens is 1. The Balaban J connectivity index is 1.59. The van der Waals surface area contributed by atoms with Gasteiger partial charge < -0.3 is 9.47 Å². The molecule has 5 nitrogen and oxygen atoms in total. The minimum atomic E-state index is -0.296. The summed E-state index contributed by atoms with van der Waals surface area (Å²) in [7, 11) is 3.05. The molecule has 0 aliphatic heterocycles. The van der Waals surface area contributed by atoms with Crippen LogP contribution < -0.4 is 14.8 Å². The van der Waals surface area contributed by atoms with Gasteiger partial charge in [-0.15, -0.1) is 11.3 Å². The zero-order valence-electron chi connectivity index (χ0n) is 15.4. The molecule has 0 fully saturated rings. The van der Waals surface area contributed by atoms with Gasteiger partial charge in [-0.25, -0.2) is 4.98 Å². The predicted molar refractivity (Wildman–Crippen MR) is 113 cm³/mol. The Hall–Kier alpha value is -3.38. The number of carbonyl (C=O) groups is 1. The molecule has 3 aromatic carbocycles. The molecule has 4 rings (SSSR count). The quantitative estimate of drug-likeness (QED) is 0.507. The second-order valence-electron chi connectivity index (χ2n) is 6.10. The van der Waals surface area contributed by atoms with Crippen molar-refractivity contribution in [3.8, 4) is 22.8 Å². The molecule has 140 valence electrons. The van der Waals surface area contributed by atoms with E-state index in [2.05, 4.69) is 34.6 Å². The van der Waals surface area contributed by atoms with Crippen molar-refractivity contribution in [1.82, 2.24) is 4.98 Å². The molecule has 1 heterocycles. The van der Waals surface area contributed by atoms with Crippen LogP contribution in [0.15, 0.2) is 66.0 Å². The van der Waals surface area contributed by atoms with Gasteiger partial charge in [0.25, 0.3) is 5.91 Å². The number of amides is 1. The van der Waals surface area contributed by atoms with Gasteiger partial charge in [0.15, 0.2) is 16.6 Å². The van der Waals surface area contributed by atoms with Gasteiger partial charge in [-0.2, -0.15) is 0 Å². The van der Waals surface area contributed by atoms with E-state index in [1.165, 1.54) is 30.9 Å². The molecule has 0 unspecified atom stereocenters. The summed E-state index contributed by atoms with van der Waals surface area (Å²) in [6.45, 7) is 0. The van der Waals surface area contributed by atoms with Gasteiger partial charge >= 0.3 is 0 Å². The third-order valence-corrected chi connectivity index (χ3v) is 5.18. The first-order chi connectivity index (χ1) is 13.7. The summed E-state index contributed by atoms with van der Waals surface area (Å²) >= 11 is 1.38. The number of nitrogens with zero attached hydrogens (tertiary/aromatic N) is 1. The first kappa shape index (κ1) is 18.0. The molecule has 0 saturated heterocycles. The average Bonchev–Trinajstić information content (AvgIpc) is 3.21. The van der Waals surface area contributed by atoms with Crippen molar-refractivity contribution in [3.63, 3.8) is 0 Å². The normalized spacial score (nSPS) is 10.6. The molecule has 4 aromatic rings. The summed E-state index contributed by atoms with van der Waals surface area (Å²) in [6, 6.07) is 19.6. The number of ether oxygens (including phenoxy) is 2. The average molecular weight is 390 g/mol. The second kappa shape index (κ2) is 7.70. The number of hydrogen-bond donors (Lipinski definition) is 1. The zero-order chi connectivity index (χ0) is 19.5. The maximum Gasteiger partial charge on any atom is 0.261 e. The van der Waals surface area contributed by atoms with Crippen LogP contribution in [-0.2, 0) is 0 Å². The third-order valence-electron chi connectivity index (χ3n) is 4.42. The van der Waals surface area contributed by atoms with Gasteiger partial charge in [0, 0.05) is 10.9 Å². The van der Waals surface area contributed by atoms with Crippen LogP contribution in [-0.4, -0.2) is 25.1 Å². The minimum Gasteiger partial charge on any atom is -0.493 e. The number of fused-ring (bicyclic) bond motifs is 1. The Morgan fingerprint density at radius 1 is 0.964 bits per heavy atom. The van der Waals surface area contributed by atoms with Crippen LogP contribution in [0.3, 0.4) is 0 Å². The Bertz CT molecular complexity index is 1150. The van der Waals surface area contributed by atoms with Crippen molar-refractivity contribution in [2.75, 3.05) is 19.5 Å². The number of nitrogens with one attached hydrogen (secondary N) is 1. The van der Waals surface area contributed by atoms with Crippen molar-refractivity contribution >= 4 is 33.1 Å². The standard InChI is InChI=1S/C22H18N2O3S/c1-26-19-9-5-8-17(20(19)27-2)21(25)24-22-23-18(13-28-22)16-11-10-14-6-3-4-7-15(14)12-16/h3-13H,1-2H3,(H,23,24,25). The summed E-state index contributed by atoms with van der Waals surface area (Å²) in [5, 5.41) is 7.64. The van der Waals surface area contributed by atoms with Crippen molar-refractivity contribution in [2.24, 2.45) is 0 Å². The van der Waals surface area contributed by atoms with E-state index in [-0.39, 0.29) is 5.91 Å². The predicted octanol–water partition coefficient (Wildman–Crippen LogP) is 5.23. The third kappa shape index (κ3) is 3.42. The molecule has 1 N–H and O–H groups in total.